The highest BCUT2D eigenvalue weighted by Crippen LogP contribution is 2.28. The molecule has 4 aromatic carbocycles. The van der Waals surface area contributed by atoms with Crippen LogP contribution in [0.15, 0.2) is 112 Å². The van der Waals surface area contributed by atoms with E-state index in [1.165, 1.54) is 35.2 Å². The first-order valence-electron chi connectivity index (χ1n) is 13.5. The molecule has 0 spiro atoms. The van der Waals surface area contributed by atoms with Crippen LogP contribution in [0, 0.1) is 0 Å². The van der Waals surface area contributed by atoms with E-state index in [0.29, 0.717) is 16.6 Å². The molecule has 0 aliphatic heterocycles. The number of anilines is 1. The van der Waals surface area contributed by atoms with E-state index in [-0.39, 0.29) is 29.5 Å². The average Bonchev–Trinajstić information content (AvgIpc) is 2.99. The van der Waals surface area contributed by atoms with E-state index in [2.05, 4.69) is 21.2 Å². The predicted octanol–water partition coefficient (Wildman–Crippen LogP) is 6.73. The SMILES string of the molecule is CCNC(=O)[C@@H](Cc1ccccc1)N(Cc1ccc(Br)cc1)C(=O)CN(c1cccc(Cl)c1)S(=O)(=O)c1ccc(Cl)cc1. The van der Waals surface area contributed by atoms with Crippen molar-refractivity contribution in [1.29, 1.82) is 0 Å². The zero-order valence-electron chi connectivity index (χ0n) is 23.3. The van der Waals surface area contributed by atoms with Crippen molar-refractivity contribution in [3.05, 3.63) is 129 Å². The zero-order valence-corrected chi connectivity index (χ0v) is 27.2. The summed E-state index contributed by atoms with van der Waals surface area (Å²) in [6.07, 6.45) is 0.232. The summed E-state index contributed by atoms with van der Waals surface area (Å²) >= 11 is 15.7. The number of rotatable bonds is 12. The summed E-state index contributed by atoms with van der Waals surface area (Å²) < 4.78 is 29.9. The van der Waals surface area contributed by atoms with Gasteiger partial charge in [-0.25, -0.2) is 8.42 Å². The number of likely N-dealkylation sites (N-methyl/N-ethyl adjacent to an activating group) is 1. The van der Waals surface area contributed by atoms with Crippen molar-refractivity contribution >= 4 is 66.7 Å². The van der Waals surface area contributed by atoms with Crippen LogP contribution in [0.1, 0.15) is 18.1 Å². The number of halogens is 3. The molecule has 7 nitrogen and oxygen atoms in total. The van der Waals surface area contributed by atoms with E-state index in [1.807, 2.05) is 54.6 Å². The Bertz CT molecular complexity index is 1650. The van der Waals surface area contributed by atoms with E-state index in [4.69, 9.17) is 23.2 Å². The molecule has 1 N–H and O–H groups in total. The van der Waals surface area contributed by atoms with Gasteiger partial charge in [-0.15, -0.1) is 0 Å². The first kappa shape index (κ1) is 32.5. The van der Waals surface area contributed by atoms with E-state index in [1.54, 1.807) is 25.1 Å². The molecule has 2 amide bonds. The lowest BCUT2D eigenvalue weighted by Crippen LogP contribution is -2.53. The van der Waals surface area contributed by atoms with Gasteiger partial charge in [0, 0.05) is 34.0 Å². The van der Waals surface area contributed by atoms with Gasteiger partial charge in [-0.3, -0.25) is 13.9 Å². The summed E-state index contributed by atoms with van der Waals surface area (Å²) in [4.78, 5) is 29.2. The van der Waals surface area contributed by atoms with Crippen LogP contribution in [0.5, 0.6) is 0 Å². The van der Waals surface area contributed by atoms with Crippen LogP contribution < -0.4 is 9.62 Å². The summed E-state index contributed by atoms with van der Waals surface area (Å²) in [6, 6.07) is 27.8. The molecular formula is C32H30BrCl2N3O4S. The van der Waals surface area contributed by atoms with E-state index in [0.717, 1.165) is 19.9 Å². The number of carbonyl (C=O) groups is 2. The first-order chi connectivity index (χ1) is 20.6. The van der Waals surface area contributed by atoms with Gasteiger partial charge < -0.3 is 10.2 Å². The van der Waals surface area contributed by atoms with Crippen LogP contribution in [0.2, 0.25) is 10.0 Å². The molecule has 4 rings (SSSR count). The van der Waals surface area contributed by atoms with Crippen molar-refractivity contribution in [2.45, 2.75) is 30.8 Å². The predicted molar refractivity (Wildman–Crippen MR) is 175 cm³/mol. The molecule has 0 saturated heterocycles. The van der Waals surface area contributed by atoms with Gasteiger partial charge >= 0.3 is 0 Å². The average molecular weight is 703 g/mol. The van der Waals surface area contributed by atoms with Crippen LogP contribution in [0.25, 0.3) is 0 Å². The molecule has 0 bridgehead atoms. The van der Waals surface area contributed by atoms with Crippen LogP contribution >= 0.6 is 39.1 Å². The second-order valence-corrected chi connectivity index (χ2v) is 13.3. The van der Waals surface area contributed by atoms with Gasteiger partial charge in [-0.05, 0) is 72.6 Å². The lowest BCUT2D eigenvalue weighted by atomic mass is 10.0. The fourth-order valence-electron chi connectivity index (χ4n) is 4.53. The second kappa shape index (κ2) is 14.9. The lowest BCUT2D eigenvalue weighted by molar-refractivity contribution is -0.140. The third-order valence-corrected chi connectivity index (χ3v) is 9.47. The number of hydrogen-bond acceptors (Lipinski definition) is 4. The highest BCUT2D eigenvalue weighted by molar-refractivity contribution is 9.10. The Hall–Kier alpha value is -3.37. The molecular weight excluding hydrogens is 673 g/mol. The number of benzene rings is 4. The maximum Gasteiger partial charge on any atom is 0.264 e. The molecule has 11 heteroatoms. The lowest BCUT2D eigenvalue weighted by Gasteiger charge is -2.34. The molecule has 0 fully saturated rings. The molecule has 0 heterocycles. The molecule has 0 aromatic heterocycles. The second-order valence-electron chi connectivity index (χ2n) is 9.69. The molecule has 0 unspecified atom stereocenters. The number of sulfonamides is 1. The molecule has 0 radical (unpaired) electrons. The van der Waals surface area contributed by atoms with Crippen LogP contribution in [0.4, 0.5) is 5.69 Å². The summed E-state index contributed by atoms with van der Waals surface area (Å²) in [7, 11) is -4.25. The van der Waals surface area contributed by atoms with Gasteiger partial charge in [0.15, 0.2) is 0 Å². The molecule has 4 aromatic rings. The zero-order chi connectivity index (χ0) is 31.0. The van der Waals surface area contributed by atoms with Crippen LogP contribution in [0.3, 0.4) is 0 Å². The molecule has 224 valence electrons. The van der Waals surface area contributed by atoms with Crippen molar-refractivity contribution in [3.8, 4) is 0 Å². The fraction of sp³-hybridized carbons (Fsp3) is 0.188. The number of nitrogens with zero attached hydrogens (tertiary/aromatic N) is 2. The summed E-state index contributed by atoms with van der Waals surface area (Å²) in [5.41, 5.74) is 1.83. The Kier molecular flexibility index (Phi) is 11.3. The number of carbonyl (C=O) groups excluding carboxylic acids is 2. The maximum atomic E-state index is 14.3. The maximum absolute atomic E-state index is 14.3. The van der Waals surface area contributed by atoms with Crippen LogP contribution in [-0.4, -0.2) is 44.3 Å². The van der Waals surface area contributed by atoms with Crippen molar-refractivity contribution in [1.82, 2.24) is 10.2 Å². The number of amides is 2. The van der Waals surface area contributed by atoms with Crippen molar-refractivity contribution in [2.24, 2.45) is 0 Å². The van der Waals surface area contributed by atoms with E-state index >= 15 is 0 Å². The molecule has 43 heavy (non-hydrogen) atoms. The van der Waals surface area contributed by atoms with Gasteiger partial charge in [0.25, 0.3) is 10.0 Å². The monoisotopic (exact) mass is 701 g/mol. The minimum atomic E-state index is -4.25. The summed E-state index contributed by atoms with van der Waals surface area (Å²) in [5.74, 6) is -0.903. The highest BCUT2D eigenvalue weighted by Gasteiger charge is 2.34. The van der Waals surface area contributed by atoms with E-state index < -0.39 is 28.5 Å². The van der Waals surface area contributed by atoms with E-state index in [9.17, 15) is 18.0 Å². The third kappa shape index (κ3) is 8.60. The quantitative estimate of drug-likeness (QED) is 0.178. The van der Waals surface area contributed by atoms with Gasteiger partial charge in [0.05, 0.1) is 10.6 Å². The van der Waals surface area contributed by atoms with Crippen molar-refractivity contribution < 1.29 is 18.0 Å². The molecule has 1 atom stereocenters. The molecule has 0 aliphatic carbocycles. The van der Waals surface area contributed by atoms with Crippen LogP contribution in [-0.2, 0) is 32.6 Å². The number of hydrogen-bond donors (Lipinski definition) is 1. The Morgan fingerprint density at radius 3 is 2.14 bits per heavy atom. The summed E-state index contributed by atoms with van der Waals surface area (Å²) in [6.45, 7) is 1.67. The van der Waals surface area contributed by atoms with Crippen molar-refractivity contribution in [2.75, 3.05) is 17.4 Å². The summed E-state index contributed by atoms with van der Waals surface area (Å²) in [5, 5.41) is 3.52. The minimum absolute atomic E-state index is 0.0475. The fourth-order valence-corrected chi connectivity index (χ4v) is 6.51. The Balaban J connectivity index is 1.79. The Morgan fingerprint density at radius 2 is 1.51 bits per heavy atom. The first-order valence-corrected chi connectivity index (χ1v) is 16.5. The van der Waals surface area contributed by atoms with Crippen molar-refractivity contribution in [3.63, 3.8) is 0 Å². The van der Waals surface area contributed by atoms with Gasteiger partial charge in [-0.1, -0.05) is 87.7 Å². The Labute approximate surface area is 270 Å². The van der Waals surface area contributed by atoms with Gasteiger partial charge in [0.2, 0.25) is 11.8 Å². The topological polar surface area (TPSA) is 86.8 Å². The molecule has 0 saturated carbocycles. The number of nitrogens with one attached hydrogen (secondary N) is 1. The standard InChI is InChI=1S/C32H30BrCl2N3O4S/c1-2-36-32(40)30(19-23-7-4-3-5-8-23)37(21-24-11-13-25(33)14-12-24)31(39)22-38(28-10-6-9-27(35)20-28)43(41,42)29-17-15-26(34)16-18-29/h3-18,20,30H,2,19,21-22H2,1H3,(H,36,40)/t30-/m1/s1. The largest absolute Gasteiger partial charge is 0.355 e. The highest BCUT2D eigenvalue weighted by atomic mass is 79.9. The Morgan fingerprint density at radius 1 is 0.837 bits per heavy atom. The smallest absolute Gasteiger partial charge is 0.264 e. The third-order valence-electron chi connectivity index (χ3n) is 6.66. The normalized spacial score (nSPS) is 11.9. The van der Waals surface area contributed by atoms with Gasteiger partial charge in [0.1, 0.15) is 12.6 Å². The minimum Gasteiger partial charge on any atom is -0.355 e. The van der Waals surface area contributed by atoms with Gasteiger partial charge in [-0.2, -0.15) is 0 Å². The molecule has 0 aliphatic rings.